The monoisotopic (exact) mass is 320 g/mol. The Balaban J connectivity index is 3.18. The zero-order valence-corrected chi connectivity index (χ0v) is 13.6. The molecule has 4 nitrogen and oxygen atoms in total. The summed E-state index contributed by atoms with van der Waals surface area (Å²) in [6, 6.07) is 1.92. The van der Waals surface area contributed by atoms with Crippen molar-refractivity contribution in [1.82, 2.24) is 10.0 Å². The fourth-order valence-corrected chi connectivity index (χ4v) is 3.32. The van der Waals surface area contributed by atoms with Crippen molar-refractivity contribution in [3.05, 3.63) is 29.3 Å². The zero-order chi connectivity index (χ0) is 16.3. The lowest BCUT2D eigenvalue weighted by Crippen LogP contribution is -2.41. The lowest BCUT2D eigenvalue weighted by Gasteiger charge is -2.21. The van der Waals surface area contributed by atoms with Crippen molar-refractivity contribution in [2.24, 2.45) is 0 Å². The summed E-state index contributed by atoms with van der Waals surface area (Å²) in [7, 11) is -4.04. The molecule has 7 heteroatoms. The number of sulfonamides is 1. The van der Waals surface area contributed by atoms with Crippen LogP contribution in [-0.4, -0.2) is 20.5 Å². The van der Waals surface area contributed by atoms with Crippen LogP contribution in [0.3, 0.4) is 0 Å². The van der Waals surface area contributed by atoms with Crippen molar-refractivity contribution >= 4 is 10.0 Å². The van der Waals surface area contributed by atoms with E-state index in [0.717, 1.165) is 18.6 Å². The summed E-state index contributed by atoms with van der Waals surface area (Å²) < 4.78 is 54.7. The minimum atomic E-state index is -4.04. The maximum atomic E-state index is 14.3. The number of nitrogens with one attached hydrogen (secondary N) is 2. The van der Waals surface area contributed by atoms with Crippen LogP contribution in [-0.2, 0) is 16.6 Å². The summed E-state index contributed by atoms with van der Waals surface area (Å²) in [4.78, 5) is -0.535. The van der Waals surface area contributed by atoms with E-state index in [0.29, 0.717) is 6.54 Å². The molecule has 1 aromatic carbocycles. The van der Waals surface area contributed by atoms with Crippen LogP contribution in [0.4, 0.5) is 8.78 Å². The molecular formula is C14H22F2N2O2S. The van der Waals surface area contributed by atoms with E-state index in [9.17, 15) is 17.2 Å². The second kappa shape index (κ2) is 6.81. The topological polar surface area (TPSA) is 58.2 Å². The maximum Gasteiger partial charge on any atom is 0.243 e. The highest BCUT2D eigenvalue weighted by molar-refractivity contribution is 7.89. The summed E-state index contributed by atoms with van der Waals surface area (Å²) in [5, 5.41) is 2.86. The van der Waals surface area contributed by atoms with Crippen LogP contribution < -0.4 is 10.0 Å². The van der Waals surface area contributed by atoms with Gasteiger partial charge in [-0.3, -0.25) is 0 Å². The Hall–Kier alpha value is -1.05. The molecule has 0 aliphatic carbocycles. The average Bonchev–Trinajstić information content (AvgIpc) is 2.29. The van der Waals surface area contributed by atoms with Crippen molar-refractivity contribution in [2.75, 3.05) is 6.54 Å². The number of halogens is 2. The van der Waals surface area contributed by atoms with Gasteiger partial charge in [0, 0.05) is 17.6 Å². The lowest BCUT2D eigenvalue weighted by molar-refractivity contribution is 0.480. The van der Waals surface area contributed by atoms with E-state index in [1.807, 2.05) is 6.92 Å². The van der Waals surface area contributed by atoms with Gasteiger partial charge >= 0.3 is 0 Å². The molecule has 0 aliphatic rings. The molecule has 0 saturated carbocycles. The van der Waals surface area contributed by atoms with E-state index in [1.54, 1.807) is 20.8 Å². The van der Waals surface area contributed by atoms with Gasteiger partial charge in [-0.2, -0.15) is 0 Å². The summed E-state index contributed by atoms with van der Waals surface area (Å²) in [6.45, 7) is 7.41. The van der Waals surface area contributed by atoms with Crippen LogP contribution in [0.2, 0.25) is 0 Å². The van der Waals surface area contributed by atoms with Crippen molar-refractivity contribution in [1.29, 1.82) is 0 Å². The van der Waals surface area contributed by atoms with Crippen LogP contribution in [0.15, 0.2) is 17.0 Å². The van der Waals surface area contributed by atoms with Crippen LogP contribution in [0.5, 0.6) is 0 Å². The first-order valence-corrected chi connectivity index (χ1v) is 8.28. The number of benzene rings is 1. The molecule has 0 saturated heterocycles. The molecular weight excluding hydrogens is 298 g/mol. The third kappa shape index (κ3) is 5.01. The molecule has 2 N–H and O–H groups in total. The molecule has 0 aromatic heterocycles. The molecule has 0 aliphatic heterocycles. The quantitative estimate of drug-likeness (QED) is 0.792. The van der Waals surface area contributed by atoms with E-state index in [1.165, 1.54) is 0 Å². The van der Waals surface area contributed by atoms with Gasteiger partial charge in [0.1, 0.15) is 10.7 Å². The molecule has 0 atom stereocenters. The second-order valence-electron chi connectivity index (χ2n) is 5.87. The van der Waals surface area contributed by atoms with Crippen LogP contribution in [0.1, 0.15) is 39.7 Å². The first-order valence-electron chi connectivity index (χ1n) is 6.80. The number of hydrogen-bond acceptors (Lipinski definition) is 3. The van der Waals surface area contributed by atoms with Gasteiger partial charge in [-0.25, -0.2) is 21.9 Å². The first kappa shape index (κ1) is 18.0. The van der Waals surface area contributed by atoms with E-state index in [4.69, 9.17) is 0 Å². The fraction of sp³-hybridized carbons (Fsp3) is 0.571. The SMILES string of the molecule is CCCNCc1c(F)ccc(S(=O)(=O)NC(C)(C)C)c1F. The van der Waals surface area contributed by atoms with E-state index in [-0.39, 0.29) is 12.1 Å². The molecule has 0 fully saturated rings. The molecule has 1 aromatic rings. The third-order valence-electron chi connectivity index (χ3n) is 2.61. The molecule has 0 bridgehead atoms. The highest BCUT2D eigenvalue weighted by Gasteiger charge is 2.27. The van der Waals surface area contributed by atoms with Crippen molar-refractivity contribution in [2.45, 2.75) is 51.1 Å². The summed E-state index contributed by atoms with van der Waals surface area (Å²) in [5.41, 5.74) is -1.01. The Morgan fingerprint density at radius 1 is 1.19 bits per heavy atom. The molecule has 0 heterocycles. The largest absolute Gasteiger partial charge is 0.312 e. The lowest BCUT2D eigenvalue weighted by atomic mass is 10.1. The Morgan fingerprint density at radius 3 is 2.33 bits per heavy atom. The number of rotatable bonds is 6. The van der Waals surface area contributed by atoms with Gasteiger partial charge in [-0.1, -0.05) is 6.92 Å². The van der Waals surface area contributed by atoms with Crippen LogP contribution >= 0.6 is 0 Å². The highest BCUT2D eigenvalue weighted by atomic mass is 32.2. The van der Waals surface area contributed by atoms with Gasteiger partial charge in [0.15, 0.2) is 5.82 Å². The summed E-state index contributed by atoms with van der Waals surface area (Å²) in [6.07, 6.45) is 0.812. The smallest absolute Gasteiger partial charge is 0.243 e. The fourth-order valence-electron chi connectivity index (χ4n) is 1.79. The first-order chi connectivity index (χ1) is 9.58. The Labute approximate surface area is 125 Å². The highest BCUT2D eigenvalue weighted by Crippen LogP contribution is 2.22. The molecule has 21 heavy (non-hydrogen) atoms. The molecule has 0 amide bonds. The maximum absolute atomic E-state index is 14.3. The minimum absolute atomic E-state index is 0.0512. The molecule has 0 unspecified atom stereocenters. The van der Waals surface area contributed by atoms with Gasteiger partial charge < -0.3 is 5.32 Å². The van der Waals surface area contributed by atoms with E-state index < -0.39 is 32.1 Å². The van der Waals surface area contributed by atoms with Crippen LogP contribution in [0, 0.1) is 11.6 Å². The Kier molecular flexibility index (Phi) is 5.83. The Bertz CT molecular complexity index is 596. The van der Waals surface area contributed by atoms with Gasteiger partial charge in [-0.15, -0.1) is 0 Å². The van der Waals surface area contributed by atoms with Crippen LogP contribution in [0.25, 0.3) is 0 Å². The molecule has 0 spiro atoms. The van der Waals surface area contributed by atoms with Crippen molar-refractivity contribution in [3.8, 4) is 0 Å². The predicted molar refractivity (Wildman–Crippen MR) is 78.4 cm³/mol. The molecule has 120 valence electrons. The third-order valence-corrected chi connectivity index (χ3v) is 4.38. The average molecular weight is 320 g/mol. The second-order valence-corrected chi connectivity index (χ2v) is 7.52. The zero-order valence-electron chi connectivity index (χ0n) is 12.8. The van der Waals surface area contributed by atoms with Gasteiger partial charge in [0.25, 0.3) is 0 Å². The van der Waals surface area contributed by atoms with Crippen molar-refractivity contribution < 1.29 is 17.2 Å². The van der Waals surface area contributed by atoms with Crippen molar-refractivity contribution in [3.63, 3.8) is 0 Å². The predicted octanol–water partition coefficient (Wildman–Crippen LogP) is 2.54. The summed E-state index contributed by atoms with van der Waals surface area (Å²) in [5.74, 6) is -1.80. The normalized spacial score (nSPS) is 12.7. The van der Waals surface area contributed by atoms with Gasteiger partial charge in [-0.05, 0) is 45.9 Å². The molecule has 0 radical (unpaired) electrons. The summed E-state index contributed by atoms with van der Waals surface area (Å²) >= 11 is 0. The Morgan fingerprint density at radius 2 is 1.81 bits per heavy atom. The van der Waals surface area contributed by atoms with E-state index >= 15 is 0 Å². The minimum Gasteiger partial charge on any atom is -0.312 e. The number of hydrogen-bond donors (Lipinski definition) is 2. The molecule has 1 rings (SSSR count). The standard InChI is InChI=1S/C14H22F2N2O2S/c1-5-8-17-9-10-11(15)6-7-12(13(10)16)21(19,20)18-14(2,3)4/h6-7,17-18H,5,8-9H2,1-4H3. The van der Waals surface area contributed by atoms with Gasteiger partial charge in [0.05, 0.1) is 0 Å². The van der Waals surface area contributed by atoms with Gasteiger partial charge in [0.2, 0.25) is 10.0 Å². The van der Waals surface area contributed by atoms with E-state index in [2.05, 4.69) is 10.0 Å².